The Morgan fingerprint density at radius 1 is 1.62 bits per heavy atom. The SMILES string of the molecule is CC1(C(=O)O)NCCN2CCCC21. The lowest BCUT2D eigenvalue weighted by Crippen LogP contribution is -2.67. The normalized spacial score (nSPS) is 40.2. The molecule has 0 aliphatic carbocycles. The molecule has 2 fully saturated rings. The van der Waals surface area contributed by atoms with E-state index in [4.69, 9.17) is 5.11 Å². The highest BCUT2D eigenvalue weighted by atomic mass is 16.4. The summed E-state index contributed by atoms with van der Waals surface area (Å²) >= 11 is 0. The maximum Gasteiger partial charge on any atom is 0.325 e. The molecule has 2 atom stereocenters. The molecular weight excluding hydrogens is 168 g/mol. The van der Waals surface area contributed by atoms with Gasteiger partial charge in [0.25, 0.3) is 0 Å². The Kier molecular flexibility index (Phi) is 2.04. The van der Waals surface area contributed by atoms with Crippen LogP contribution in [-0.2, 0) is 4.79 Å². The van der Waals surface area contributed by atoms with Crippen LogP contribution in [0.25, 0.3) is 0 Å². The lowest BCUT2D eigenvalue weighted by Gasteiger charge is -2.42. The fourth-order valence-electron chi connectivity index (χ4n) is 2.54. The Balaban J connectivity index is 2.22. The van der Waals surface area contributed by atoms with Gasteiger partial charge < -0.3 is 5.11 Å². The molecule has 0 radical (unpaired) electrons. The van der Waals surface area contributed by atoms with Crippen molar-refractivity contribution in [2.24, 2.45) is 0 Å². The molecule has 13 heavy (non-hydrogen) atoms. The highest BCUT2D eigenvalue weighted by Crippen LogP contribution is 2.29. The van der Waals surface area contributed by atoms with E-state index in [1.807, 2.05) is 0 Å². The van der Waals surface area contributed by atoms with Crippen LogP contribution in [0.5, 0.6) is 0 Å². The Morgan fingerprint density at radius 2 is 2.38 bits per heavy atom. The smallest absolute Gasteiger partial charge is 0.325 e. The summed E-state index contributed by atoms with van der Waals surface area (Å²) in [5, 5.41) is 12.3. The second-order valence-corrected chi connectivity index (χ2v) is 4.13. The van der Waals surface area contributed by atoms with Crippen molar-refractivity contribution >= 4 is 5.97 Å². The van der Waals surface area contributed by atoms with Crippen molar-refractivity contribution in [3.8, 4) is 0 Å². The van der Waals surface area contributed by atoms with Gasteiger partial charge in [-0.3, -0.25) is 15.0 Å². The minimum atomic E-state index is -0.727. The number of carbonyl (C=O) groups is 1. The highest BCUT2D eigenvalue weighted by Gasteiger charge is 2.48. The Labute approximate surface area is 77.9 Å². The molecule has 2 aliphatic heterocycles. The zero-order valence-electron chi connectivity index (χ0n) is 7.92. The van der Waals surface area contributed by atoms with Crippen LogP contribution >= 0.6 is 0 Å². The molecule has 0 amide bonds. The molecule has 2 heterocycles. The fraction of sp³-hybridized carbons (Fsp3) is 0.889. The van der Waals surface area contributed by atoms with Crippen LogP contribution in [0.1, 0.15) is 19.8 Å². The molecule has 2 unspecified atom stereocenters. The average Bonchev–Trinajstić information content (AvgIpc) is 2.53. The molecular formula is C9H16N2O2. The third-order valence-electron chi connectivity index (χ3n) is 3.37. The number of hydrogen-bond donors (Lipinski definition) is 2. The van der Waals surface area contributed by atoms with E-state index in [0.29, 0.717) is 0 Å². The van der Waals surface area contributed by atoms with E-state index < -0.39 is 11.5 Å². The van der Waals surface area contributed by atoms with Crippen molar-refractivity contribution in [2.75, 3.05) is 19.6 Å². The van der Waals surface area contributed by atoms with E-state index in [1.54, 1.807) is 6.92 Å². The van der Waals surface area contributed by atoms with E-state index in [0.717, 1.165) is 32.5 Å². The predicted octanol–water partition coefficient (Wildman–Crippen LogP) is -0.103. The Hall–Kier alpha value is -0.610. The number of piperazine rings is 1. The summed E-state index contributed by atoms with van der Waals surface area (Å²) in [5.74, 6) is -0.718. The number of nitrogens with one attached hydrogen (secondary N) is 1. The second-order valence-electron chi connectivity index (χ2n) is 4.13. The van der Waals surface area contributed by atoms with Gasteiger partial charge in [-0.1, -0.05) is 0 Å². The molecule has 2 saturated heterocycles. The highest BCUT2D eigenvalue weighted by molar-refractivity contribution is 5.79. The molecule has 2 N–H and O–H groups in total. The molecule has 74 valence electrons. The first-order valence-electron chi connectivity index (χ1n) is 4.87. The maximum absolute atomic E-state index is 11.1. The number of carboxylic acid groups (broad SMARTS) is 1. The van der Waals surface area contributed by atoms with Gasteiger partial charge in [0.2, 0.25) is 0 Å². The molecule has 0 aromatic heterocycles. The van der Waals surface area contributed by atoms with Gasteiger partial charge in [-0.15, -0.1) is 0 Å². The zero-order valence-corrected chi connectivity index (χ0v) is 7.92. The van der Waals surface area contributed by atoms with Crippen LogP contribution in [0.4, 0.5) is 0 Å². The minimum Gasteiger partial charge on any atom is -0.480 e. The lowest BCUT2D eigenvalue weighted by molar-refractivity contribution is -0.148. The molecule has 4 nitrogen and oxygen atoms in total. The third-order valence-corrected chi connectivity index (χ3v) is 3.37. The summed E-state index contributed by atoms with van der Waals surface area (Å²) in [7, 11) is 0. The summed E-state index contributed by atoms with van der Waals surface area (Å²) < 4.78 is 0. The van der Waals surface area contributed by atoms with Gasteiger partial charge >= 0.3 is 5.97 Å². The number of hydrogen-bond acceptors (Lipinski definition) is 3. The Morgan fingerprint density at radius 3 is 3.08 bits per heavy atom. The zero-order chi connectivity index (χ0) is 9.47. The monoisotopic (exact) mass is 184 g/mol. The topological polar surface area (TPSA) is 52.6 Å². The summed E-state index contributed by atoms with van der Waals surface area (Å²) in [5.41, 5.74) is -0.727. The van der Waals surface area contributed by atoms with Gasteiger partial charge in [0, 0.05) is 19.1 Å². The van der Waals surface area contributed by atoms with Gasteiger partial charge in [-0.05, 0) is 26.3 Å². The number of carboxylic acids is 1. The summed E-state index contributed by atoms with van der Waals surface area (Å²) in [6.07, 6.45) is 2.14. The van der Waals surface area contributed by atoms with E-state index in [1.165, 1.54) is 0 Å². The molecule has 4 heteroatoms. The molecule has 2 aliphatic rings. The van der Waals surface area contributed by atoms with Crippen molar-refractivity contribution < 1.29 is 9.90 Å². The van der Waals surface area contributed by atoms with E-state index in [-0.39, 0.29) is 6.04 Å². The number of aliphatic carboxylic acids is 1. The molecule has 2 rings (SSSR count). The van der Waals surface area contributed by atoms with Crippen LogP contribution in [-0.4, -0.2) is 47.2 Å². The van der Waals surface area contributed by atoms with Crippen molar-refractivity contribution in [3.05, 3.63) is 0 Å². The number of fused-ring (bicyclic) bond motifs is 1. The third kappa shape index (κ3) is 1.25. The van der Waals surface area contributed by atoms with Gasteiger partial charge in [-0.25, -0.2) is 0 Å². The van der Waals surface area contributed by atoms with Crippen LogP contribution in [0.2, 0.25) is 0 Å². The Bertz CT molecular complexity index is 232. The summed E-state index contributed by atoms with van der Waals surface area (Å²) in [6.45, 7) is 4.65. The van der Waals surface area contributed by atoms with Crippen molar-refractivity contribution in [1.82, 2.24) is 10.2 Å². The van der Waals surface area contributed by atoms with E-state index in [9.17, 15) is 4.79 Å². The van der Waals surface area contributed by atoms with Crippen LogP contribution < -0.4 is 5.32 Å². The summed E-state index contributed by atoms with van der Waals surface area (Å²) in [4.78, 5) is 13.4. The second kappa shape index (κ2) is 2.96. The van der Waals surface area contributed by atoms with Crippen molar-refractivity contribution in [3.63, 3.8) is 0 Å². The van der Waals surface area contributed by atoms with Gasteiger partial charge in [0.15, 0.2) is 0 Å². The first-order chi connectivity index (χ1) is 6.14. The molecule has 0 bridgehead atoms. The minimum absolute atomic E-state index is 0.193. The van der Waals surface area contributed by atoms with Crippen LogP contribution in [0.15, 0.2) is 0 Å². The molecule has 0 aromatic carbocycles. The molecule has 0 saturated carbocycles. The summed E-state index contributed by atoms with van der Waals surface area (Å²) in [6, 6.07) is 0.193. The predicted molar refractivity (Wildman–Crippen MR) is 48.6 cm³/mol. The van der Waals surface area contributed by atoms with E-state index in [2.05, 4.69) is 10.2 Å². The first kappa shape index (κ1) is 8.97. The maximum atomic E-state index is 11.1. The van der Waals surface area contributed by atoms with Gasteiger partial charge in [0.1, 0.15) is 5.54 Å². The fourth-order valence-corrected chi connectivity index (χ4v) is 2.54. The lowest BCUT2D eigenvalue weighted by atomic mass is 9.88. The average molecular weight is 184 g/mol. The van der Waals surface area contributed by atoms with Crippen molar-refractivity contribution in [1.29, 1.82) is 0 Å². The van der Waals surface area contributed by atoms with Crippen molar-refractivity contribution in [2.45, 2.75) is 31.3 Å². The number of rotatable bonds is 1. The van der Waals surface area contributed by atoms with Crippen LogP contribution in [0.3, 0.4) is 0 Å². The van der Waals surface area contributed by atoms with Crippen LogP contribution in [0, 0.1) is 0 Å². The molecule has 0 aromatic rings. The number of nitrogens with zero attached hydrogens (tertiary/aromatic N) is 1. The first-order valence-corrected chi connectivity index (χ1v) is 4.87. The van der Waals surface area contributed by atoms with Gasteiger partial charge in [-0.2, -0.15) is 0 Å². The molecule has 0 spiro atoms. The largest absolute Gasteiger partial charge is 0.480 e. The van der Waals surface area contributed by atoms with Gasteiger partial charge in [0.05, 0.1) is 0 Å². The standard InChI is InChI=1S/C9H16N2O2/c1-9(8(12)13)7-3-2-5-11(7)6-4-10-9/h7,10H,2-6H2,1H3,(H,12,13). The van der Waals surface area contributed by atoms with E-state index >= 15 is 0 Å². The quantitative estimate of drug-likeness (QED) is 0.597.